The zero-order valence-corrected chi connectivity index (χ0v) is 26.6. The van der Waals surface area contributed by atoms with Crippen molar-refractivity contribution in [3.8, 4) is 11.1 Å². The van der Waals surface area contributed by atoms with Crippen molar-refractivity contribution in [3.05, 3.63) is 149 Å². The van der Waals surface area contributed by atoms with Crippen molar-refractivity contribution in [3.63, 3.8) is 0 Å². The van der Waals surface area contributed by atoms with Crippen LogP contribution in [0.4, 0.5) is 11.4 Å². The first kappa shape index (κ1) is 26.1. The lowest BCUT2D eigenvalue weighted by molar-refractivity contribution is 0.657. The Balaban J connectivity index is 1.25. The third-order valence-electron chi connectivity index (χ3n) is 10.3. The fourth-order valence-corrected chi connectivity index (χ4v) is 9.48. The van der Waals surface area contributed by atoms with E-state index >= 15 is 0 Å². The van der Waals surface area contributed by atoms with E-state index in [1.807, 2.05) is 11.3 Å². The highest BCUT2D eigenvalue weighted by molar-refractivity contribution is 7.19. The van der Waals surface area contributed by atoms with Crippen molar-refractivity contribution < 1.29 is 4.42 Å². The molecule has 0 aliphatic heterocycles. The lowest BCUT2D eigenvalue weighted by Gasteiger charge is -2.30. The Hall–Kier alpha value is -5.12. The Morgan fingerprint density at radius 1 is 0.674 bits per heavy atom. The van der Waals surface area contributed by atoms with Crippen LogP contribution >= 0.6 is 11.3 Å². The Kier molecular flexibility index (Phi) is 5.37. The number of hydrogen-bond acceptors (Lipinski definition) is 3. The highest BCUT2D eigenvalue weighted by atomic mass is 32.1. The minimum absolute atomic E-state index is 0.119. The highest BCUT2D eigenvalue weighted by Crippen LogP contribution is 2.56. The van der Waals surface area contributed by atoms with E-state index in [4.69, 9.17) is 4.42 Å². The first-order valence-corrected chi connectivity index (χ1v) is 17.0. The first-order chi connectivity index (χ1) is 22.6. The van der Waals surface area contributed by atoms with Gasteiger partial charge in [0.1, 0.15) is 11.2 Å². The number of para-hydroxylation sites is 1. The molecule has 2 aromatic heterocycles. The van der Waals surface area contributed by atoms with Crippen LogP contribution in [0.25, 0.3) is 60.0 Å². The van der Waals surface area contributed by atoms with Crippen LogP contribution in [0.5, 0.6) is 0 Å². The number of anilines is 2. The van der Waals surface area contributed by atoms with Crippen molar-refractivity contribution in [2.24, 2.45) is 0 Å². The maximum Gasteiger partial charge on any atom is 0.144 e. The van der Waals surface area contributed by atoms with Crippen molar-refractivity contribution >= 4 is 71.6 Å². The lowest BCUT2D eigenvalue weighted by Crippen LogP contribution is -2.18. The Morgan fingerprint density at radius 3 is 2.28 bits per heavy atom. The van der Waals surface area contributed by atoms with Crippen LogP contribution in [0.15, 0.2) is 131 Å². The summed E-state index contributed by atoms with van der Waals surface area (Å²) in [6, 6.07) is 44.2. The van der Waals surface area contributed by atoms with E-state index in [-0.39, 0.29) is 5.41 Å². The second-order valence-electron chi connectivity index (χ2n) is 13.2. The molecule has 0 N–H and O–H groups in total. The lowest BCUT2D eigenvalue weighted by atomic mass is 9.79. The molecule has 2 aliphatic rings. The molecule has 2 nitrogen and oxygen atoms in total. The van der Waals surface area contributed by atoms with Gasteiger partial charge in [-0.2, -0.15) is 0 Å². The number of allylic oxidation sites excluding steroid dienone is 1. The summed E-state index contributed by atoms with van der Waals surface area (Å²) < 4.78 is 8.26. The van der Waals surface area contributed by atoms with Crippen LogP contribution in [0.3, 0.4) is 0 Å². The van der Waals surface area contributed by atoms with Gasteiger partial charge < -0.3 is 9.32 Å². The second kappa shape index (κ2) is 9.45. The molecule has 10 rings (SSSR count). The van der Waals surface area contributed by atoms with Gasteiger partial charge in [-0.25, -0.2) is 0 Å². The normalized spacial score (nSPS) is 14.9. The van der Waals surface area contributed by atoms with Gasteiger partial charge in [0.15, 0.2) is 0 Å². The van der Waals surface area contributed by atoms with E-state index in [1.165, 1.54) is 70.3 Å². The maximum atomic E-state index is 6.89. The molecule has 0 unspecified atom stereocenters. The molecule has 46 heavy (non-hydrogen) atoms. The number of hydrogen-bond donors (Lipinski definition) is 0. The number of nitrogens with zero attached hydrogens (tertiary/aromatic N) is 1. The monoisotopic (exact) mass is 609 g/mol. The van der Waals surface area contributed by atoms with Crippen molar-refractivity contribution in [2.45, 2.75) is 32.1 Å². The van der Waals surface area contributed by atoms with Crippen LogP contribution in [0.1, 0.15) is 41.8 Å². The molecule has 0 spiro atoms. The zero-order valence-electron chi connectivity index (χ0n) is 25.8. The topological polar surface area (TPSA) is 16.4 Å². The predicted octanol–water partition coefficient (Wildman–Crippen LogP) is 12.4. The predicted molar refractivity (Wildman–Crippen MR) is 195 cm³/mol. The van der Waals surface area contributed by atoms with Gasteiger partial charge in [-0.05, 0) is 88.3 Å². The molecule has 6 aromatic carbocycles. The number of furan rings is 1. The Labute approximate surface area is 271 Å². The largest absolute Gasteiger partial charge is 0.455 e. The summed E-state index contributed by atoms with van der Waals surface area (Å²) in [5.41, 5.74) is 12.1. The van der Waals surface area contributed by atoms with Crippen molar-refractivity contribution in [1.82, 2.24) is 0 Å². The summed E-state index contributed by atoms with van der Waals surface area (Å²) in [4.78, 5) is 3.94. The average molecular weight is 610 g/mol. The summed E-state index contributed by atoms with van der Waals surface area (Å²) in [5.74, 6) is 0. The molecule has 0 radical (unpaired) electrons. The second-order valence-corrected chi connectivity index (χ2v) is 14.3. The van der Waals surface area contributed by atoms with Crippen LogP contribution in [-0.2, 0) is 11.8 Å². The van der Waals surface area contributed by atoms with E-state index in [1.54, 1.807) is 0 Å². The number of rotatable bonds is 3. The molecule has 0 amide bonds. The Bertz CT molecular complexity index is 2560. The van der Waals surface area contributed by atoms with Crippen molar-refractivity contribution in [1.29, 1.82) is 0 Å². The Morgan fingerprint density at radius 2 is 1.41 bits per heavy atom. The molecule has 0 saturated carbocycles. The summed E-state index contributed by atoms with van der Waals surface area (Å²) in [6.45, 7) is 4.71. The van der Waals surface area contributed by atoms with E-state index in [2.05, 4.69) is 146 Å². The maximum absolute atomic E-state index is 6.89. The molecule has 220 valence electrons. The molecule has 0 atom stereocenters. The third kappa shape index (κ3) is 3.52. The molecule has 3 heteroatoms. The van der Waals surface area contributed by atoms with Gasteiger partial charge in [-0.3, -0.25) is 0 Å². The van der Waals surface area contributed by atoms with Crippen LogP contribution in [0, 0.1) is 0 Å². The quantitative estimate of drug-likeness (QED) is 0.198. The van der Waals surface area contributed by atoms with Crippen LogP contribution in [-0.4, -0.2) is 0 Å². The fourth-order valence-electron chi connectivity index (χ4n) is 8.30. The van der Waals surface area contributed by atoms with E-state index < -0.39 is 0 Å². The van der Waals surface area contributed by atoms with Gasteiger partial charge in [0.2, 0.25) is 0 Å². The minimum atomic E-state index is -0.119. The SMILES string of the molecule is CC1(C)c2ccccc2-c2c1c1ccccc1c1c2oc2ccc(N(C3=Cc4c(sc5ccccc45)CC3)c3ccccc3)cc21. The molecule has 0 saturated heterocycles. The van der Waals surface area contributed by atoms with Gasteiger partial charge in [-0.15, -0.1) is 11.3 Å². The first-order valence-electron chi connectivity index (χ1n) is 16.2. The van der Waals surface area contributed by atoms with Gasteiger partial charge >= 0.3 is 0 Å². The summed E-state index contributed by atoms with van der Waals surface area (Å²) >= 11 is 1.94. The molecular weight excluding hydrogens is 579 g/mol. The molecule has 0 fully saturated rings. The highest BCUT2D eigenvalue weighted by Gasteiger charge is 2.39. The summed E-state index contributed by atoms with van der Waals surface area (Å²) in [5, 5.41) is 6.28. The molecule has 8 aromatic rings. The number of benzene rings is 6. The fraction of sp³-hybridized carbons (Fsp3) is 0.116. The number of fused-ring (bicyclic) bond motifs is 13. The zero-order chi connectivity index (χ0) is 30.6. The van der Waals surface area contributed by atoms with Gasteiger partial charge in [0, 0.05) is 53.8 Å². The van der Waals surface area contributed by atoms with Crippen molar-refractivity contribution in [2.75, 3.05) is 4.90 Å². The molecule has 2 heterocycles. The molecular formula is C43H31NOS. The van der Waals surface area contributed by atoms with E-state index in [0.29, 0.717) is 0 Å². The van der Waals surface area contributed by atoms with Gasteiger partial charge in [-0.1, -0.05) is 98.8 Å². The third-order valence-corrected chi connectivity index (χ3v) is 11.5. The molecule has 2 aliphatic carbocycles. The van der Waals surface area contributed by atoms with Crippen LogP contribution < -0.4 is 4.90 Å². The van der Waals surface area contributed by atoms with E-state index in [9.17, 15) is 0 Å². The van der Waals surface area contributed by atoms with Crippen LogP contribution in [0.2, 0.25) is 0 Å². The minimum Gasteiger partial charge on any atom is -0.455 e. The summed E-state index contributed by atoms with van der Waals surface area (Å²) in [6.07, 6.45) is 4.47. The summed E-state index contributed by atoms with van der Waals surface area (Å²) in [7, 11) is 0. The standard InChI is InChI=1S/C43H31NOS/c1-43(2)35-18-10-8-17-32(35)40-41(43)31-16-7-6-15-30(31)39-34-25-27(20-22-36(34)45-42(39)40)44(26-12-4-3-5-13-26)28-21-23-38-33(24-28)29-14-9-11-19-37(29)46-38/h3-20,22,24-25H,21,23H2,1-2H3. The molecule has 0 bridgehead atoms. The van der Waals surface area contributed by atoms with E-state index in [0.717, 1.165) is 35.1 Å². The number of thiophene rings is 1. The van der Waals surface area contributed by atoms with Gasteiger partial charge in [0.05, 0.1) is 0 Å². The van der Waals surface area contributed by atoms with Gasteiger partial charge in [0.25, 0.3) is 0 Å². The average Bonchev–Trinajstić information content (AvgIpc) is 3.73. The smallest absolute Gasteiger partial charge is 0.144 e. The number of aryl methyl sites for hydroxylation is 1.